The molecular formula is C16H20O3. The summed E-state index contributed by atoms with van der Waals surface area (Å²) in [5.41, 5.74) is 1.83. The van der Waals surface area contributed by atoms with Gasteiger partial charge in [0.15, 0.2) is 12.1 Å². The second kappa shape index (κ2) is 5.85. The van der Waals surface area contributed by atoms with E-state index in [-0.39, 0.29) is 12.2 Å². The summed E-state index contributed by atoms with van der Waals surface area (Å²) in [4.78, 5) is 12.4. The Morgan fingerprint density at radius 1 is 0.947 bits per heavy atom. The molecule has 1 aromatic carbocycles. The van der Waals surface area contributed by atoms with Crippen LogP contribution in [0.1, 0.15) is 54.3 Å². The molecule has 0 bridgehead atoms. The number of carbonyl (C=O) groups excluding carboxylic acids is 1. The zero-order chi connectivity index (χ0) is 13.1. The second-order valence-corrected chi connectivity index (χ2v) is 5.39. The highest BCUT2D eigenvalue weighted by Gasteiger charge is 2.23. The summed E-state index contributed by atoms with van der Waals surface area (Å²) in [5.74, 6) is 0.540. The first-order valence-electron chi connectivity index (χ1n) is 7.22. The lowest BCUT2D eigenvalue weighted by atomic mass is 9.84. The Labute approximate surface area is 113 Å². The van der Waals surface area contributed by atoms with E-state index in [0.29, 0.717) is 19.0 Å². The van der Waals surface area contributed by atoms with E-state index in [1.54, 1.807) is 0 Å². The minimum atomic E-state index is -0.251. The molecular weight excluding hydrogens is 240 g/mol. The van der Waals surface area contributed by atoms with E-state index in [4.69, 9.17) is 9.47 Å². The molecule has 1 aromatic rings. The Balaban J connectivity index is 1.69. The number of benzene rings is 1. The normalized spacial score (nSPS) is 21.7. The van der Waals surface area contributed by atoms with Crippen molar-refractivity contribution < 1.29 is 14.3 Å². The molecule has 1 saturated heterocycles. The predicted molar refractivity (Wildman–Crippen MR) is 72.0 cm³/mol. The quantitative estimate of drug-likeness (QED) is 0.780. The fourth-order valence-electron chi connectivity index (χ4n) is 2.96. The first kappa shape index (κ1) is 12.8. The van der Waals surface area contributed by atoms with Crippen LogP contribution in [0.3, 0.4) is 0 Å². The van der Waals surface area contributed by atoms with Crippen molar-refractivity contribution in [2.75, 3.05) is 13.2 Å². The zero-order valence-corrected chi connectivity index (χ0v) is 11.1. The van der Waals surface area contributed by atoms with E-state index in [0.717, 1.165) is 24.0 Å². The molecule has 1 aliphatic carbocycles. The van der Waals surface area contributed by atoms with E-state index in [1.807, 2.05) is 24.3 Å². The van der Waals surface area contributed by atoms with E-state index in [2.05, 4.69) is 0 Å². The van der Waals surface area contributed by atoms with Gasteiger partial charge in [-0.15, -0.1) is 0 Å². The van der Waals surface area contributed by atoms with Crippen LogP contribution in [0.4, 0.5) is 0 Å². The average molecular weight is 260 g/mol. The van der Waals surface area contributed by atoms with Crippen molar-refractivity contribution in [2.45, 2.75) is 38.4 Å². The van der Waals surface area contributed by atoms with Gasteiger partial charge >= 0.3 is 0 Å². The van der Waals surface area contributed by atoms with Crippen molar-refractivity contribution in [1.82, 2.24) is 0 Å². The molecule has 1 heterocycles. The van der Waals surface area contributed by atoms with E-state index in [9.17, 15) is 4.79 Å². The molecule has 1 saturated carbocycles. The van der Waals surface area contributed by atoms with Crippen LogP contribution in [0.25, 0.3) is 0 Å². The standard InChI is InChI=1S/C16H20O3/c17-15(12-4-2-1-3-5-12)13-6-8-14(9-7-13)16-18-10-11-19-16/h6-9,12,16H,1-5,10-11H2. The molecule has 0 N–H and O–H groups in total. The number of Topliss-reactive ketones (excluding diaryl/α,β-unsaturated/α-hetero) is 1. The number of ether oxygens (including phenoxy) is 2. The van der Waals surface area contributed by atoms with Gasteiger partial charge in [0.05, 0.1) is 13.2 Å². The number of hydrogen-bond acceptors (Lipinski definition) is 3. The van der Waals surface area contributed by atoms with Crippen LogP contribution in [-0.4, -0.2) is 19.0 Å². The first-order chi connectivity index (χ1) is 9.34. The van der Waals surface area contributed by atoms with Crippen molar-refractivity contribution in [3.05, 3.63) is 35.4 Å². The summed E-state index contributed by atoms with van der Waals surface area (Å²) in [6, 6.07) is 7.73. The van der Waals surface area contributed by atoms with Crippen molar-refractivity contribution in [3.63, 3.8) is 0 Å². The molecule has 0 unspecified atom stereocenters. The maximum atomic E-state index is 12.4. The largest absolute Gasteiger partial charge is 0.346 e. The highest BCUT2D eigenvalue weighted by molar-refractivity contribution is 5.97. The molecule has 0 amide bonds. The summed E-state index contributed by atoms with van der Waals surface area (Å²) in [6.07, 6.45) is 5.51. The Kier molecular flexibility index (Phi) is 3.95. The topological polar surface area (TPSA) is 35.5 Å². The van der Waals surface area contributed by atoms with Gasteiger partial charge in [0.1, 0.15) is 0 Å². The van der Waals surface area contributed by atoms with Crippen molar-refractivity contribution in [2.24, 2.45) is 5.92 Å². The van der Waals surface area contributed by atoms with Gasteiger partial charge in [-0.25, -0.2) is 0 Å². The lowest BCUT2D eigenvalue weighted by molar-refractivity contribution is -0.0441. The monoisotopic (exact) mass is 260 g/mol. The van der Waals surface area contributed by atoms with Crippen molar-refractivity contribution >= 4 is 5.78 Å². The van der Waals surface area contributed by atoms with E-state index in [1.165, 1.54) is 19.3 Å². The molecule has 1 aliphatic heterocycles. The van der Waals surface area contributed by atoms with Gasteiger partial charge in [0.25, 0.3) is 0 Å². The molecule has 0 spiro atoms. The molecule has 3 heteroatoms. The van der Waals surface area contributed by atoms with Crippen molar-refractivity contribution in [3.8, 4) is 0 Å². The lowest BCUT2D eigenvalue weighted by Crippen LogP contribution is -2.17. The molecule has 0 aromatic heterocycles. The van der Waals surface area contributed by atoms with Crippen LogP contribution in [0.2, 0.25) is 0 Å². The Morgan fingerprint density at radius 2 is 1.58 bits per heavy atom. The van der Waals surface area contributed by atoms with Gasteiger partial charge < -0.3 is 9.47 Å². The highest BCUT2D eigenvalue weighted by Crippen LogP contribution is 2.28. The average Bonchev–Trinajstić information content (AvgIpc) is 3.02. The van der Waals surface area contributed by atoms with Crippen LogP contribution in [0.15, 0.2) is 24.3 Å². The molecule has 0 atom stereocenters. The number of hydrogen-bond donors (Lipinski definition) is 0. The lowest BCUT2D eigenvalue weighted by Gasteiger charge is -2.20. The smallest absolute Gasteiger partial charge is 0.184 e. The predicted octanol–water partition coefficient (Wildman–Crippen LogP) is 3.50. The maximum absolute atomic E-state index is 12.4. The molecule has 0 radical (unpaired) electrons. The molecule has 2 fully saturated rings. The fraction of sp³-hybridized carbons (Fsp3) is 0.562. The summed E-state index contributed by atoms with van der Waals surface area (Å²) in [5, 5.41) is 0. The van der Waals surface area contributed by atoms with E-state index < -0.39 is 0 Å². The van der Waals surface area contributed by atoms with Gasteiger partial charge in [0.2, 0.25) is 0 Å². The van der Waals surface area contributed by atoms with Crippen LogP contribution in [0.5, 0.6) is 0 Å². The van der Waals surface area contributed by atoms with Crippen LogP contribution < -0.4 is 0 Å². The summed E-state index contributed by atoms with van der Waals surface area (Å²) < 4.78 is 10.9. The van der Waals surface area contributed by atoms with E-state index >= 15 is 0 Å². The maximum Gasteiger partial charge on any atom is 0.184 e. The van der Waals surface area contributed by atoms with Crippen molar-refractivity contribution in [1.29, 1.82) is 0 Å². The van der Waals surface area contributed by atoms with Crippen LogP contribution >= 0.6 is 0 Å². The molecule has 3 nitrogen and oxygen atoms in total. The van der Waals surface area contributed by atoms with Gasteiger partial charge in [-0.2, -0.15) is 0 Å². The molecule has 19 heavy (non-hydrogen) atoms. The minimum absolute atomic E-state index is 0.235. The number of carbonyl (C=O) groups is 1. The fourth-order valence-corrected chi connectivity index (χ4v) is 2.96. The third-order valence-corrected chi connectivity index (χ3v) is 4.07. The Hall–Kier alpha value is -1.19. The third-order valence-electron chi connectivity index (χ3n) is 4.07. The first-order valence-corrected chi connectivity index (χ1v) is 7.22. The Bertz CT molecular complexity index is 426. The van der Waals surface area contributed by atoms with Gasteiger partial charge in [-0.05, 0) is 12.8 Å². The zero-order valence-electron chi connectivity index (χ0n) is 11.1. The van der Waals surface area contributed by atoms with Crippen LogP contribution in [-0.2, 0) is 9.47 Å². The van der Waals surface area contributed by atoms with Gasteiger partial charge in [0, 0.05) is 17.0 Å². The highest BCUT2D eigenvalue weighted by atomic mass is 16.7. The summed E-state index contributed by atoms with van der Waals surface area (Å²) in [6.45, 7) is 1.29. The van der Waals surface area contributed by atoms with Crippen LogP contribution in [0, 0.1) is 5.92 Å². The van der Waals surface area contributed by atoms with Gasteiger partial charge in [-0.1, -0.05) is 43.5 Å². The molecule has 102 valence electrons. The number of rotatable bonds is 3. The second-order valence-electron chi connectivity index (χ2n) is 5.39. The van der Waals surface area contributed by atoms with Gasteiger partial charge in [-0.3, -0.25) is 4.79 Å². The third kappa shape index (κ3) is 2.88. The Morgan fingerprint density at radius 3 is 2.21 bits per heavy atom. The number of ketones is 1. The molecule has 3 rings (SSSR count). The summed E-state index contributed by atoms with van der Waals surface area (Å²) in [7, 11) is 0. The minimum Gasteiger partial charge on any atom is -0.346 e. The SMILES string of the molecule is O=C(c1ccc(C2OCCO2)cc1)C1CCCCC1. The summed E-state index contributed by atoms with van der Waals surface area (Å²) >= 11 is 0. The molecule has 2 aliphatic rings.